The fraction of sp³-hybridized carbons (Fsp3) is 0.538. The van der Waals surface area contributed by atoms with Crippen molar-refractivity contribution in [1.29, 1.82) is 0 Å². The Bertz CT molecular complexity index is 473. The molecular weight excluding hydrogens is 244 g/mol. The van der Waals surface area contributed by atoms with Gasteiger partial charge in [0.05, 0.1) is 5.69 Å². The zero-order chi connectivity index (χ0) is 12.2. The highest BCUT2D eigenvalue weighted by atomic mass is 32.1. The summed E-state index contributed by atoms with van der Waals surface area (Å²) in [5.41, 5.74) is 2.42. The number of rotatable bonds is 7. The Kier molecular flexibility index (Phi) is 3.71. The molecule has 0 saturated heterocycles. The Morgan fingerprint density at radius 2 is 2.39 bits per heavy atom. The van der Waals surface area contributed by atoms with Crippen LogP contribution >= 0.6 is 11.3 Å². The summed E-state index contributed by atoms with van der Waals surface area (Å²) in [6.07, 6.45) is 5.86. The van der Waals surface area contributed by atoms with E-state index in [1.165, 1.54) is 18.4 Å². The highest BCUT2D eigenvalue weighted by Crippen LogP contribution is 2.27. The Hall–Kier alpha value is -1.20. The Morgan fingerprint density at radius 3 is 3.17 bits per heavy atom. The van der Waals surface area contributed by atoms with E-state index in [1.807, 2.05) is 10.9 Å². The molecule has 1 N–H and O–H groups in total. The maximum absolute atomic E-state index is 4.19. The molecule has 18 heavy (non-hydrogen) atoms. The fourth-order valence-corrected chi connectivity index (χ4v) is 2.64. The Morgan fingerprint density at radius 1 is 1.44 bits per heavy atom. The van der Waals surface area contributed by atoms with E-state index in [0.29, 0.717) is 0 Å². The summed E-state index contributed by atoms with van der Waals surface area (Å²) in [5.74, 6) is 0.915. The summed E-state index contributed by atoms with van der Waals surface area (Å²) in [6, 6.07) is 2.17. The number of hydrogen-bond acceptors (Lipinski definition) is 4. The first-order valence-electron chi connectivity index (χ1n) is 6.51. The van der Waals surface area contributed by atoms with Crippen molar-refractivity contribution >= 4 is 11.3 Å². The molecule has 96 valence electrons. The van der Waals surface area contributed by atoms with Crippen LogP contribution in [0.3, 0.4) is 0 Å². The quantitative estimate of drug-likeness (QED) is 0.831. The lowest BCUT2D eigenvalue weighted by molar-refractivity contribution is 0.589. The van der Waals surface area contributed by atoms with Crippen molar-refractivity contribution in [2.45, 2.75) is 32.4 Å². The lowest BCUT2D eigenvalue weighted by Crippen LogP contribution is -2.16. The van der Waals surface area contributed by atoms with Crippen LogP contribution in [0.25, 0.3) is 0 Å². The molecule has 0 aliphatic heterocycles. The maximum atomic E-state index is 4.19. The van der Waals surface area contributed by atoms with Crippen LogP contribution in [0, 0.1) is 5.92 Å². The van der Waals surface area contributed by atoms with Gasteiger partial charge in [-0.3, -0.25) is 4.68 Å². The van der Waals surface area contributed by atoms with Crippen molar-refractivity contribution in [2.24, 2.45) is 5.92 Å². The second kappa shape index (κ2) is 5.63. The van der Waals surface area contributed by atoms with Crippen LogP contribution in [-0.4, -0.2) is 21.5 Å². The van der Waals surface area contributed by atoms with Crippen molar-refractivity contribution in [2.75, 3.05) is 6.54 Å². The number of nitrogens with one attached hydrogen (secondary N) is 1. The molecule has 0 bridgehead atoms. The van der Waals surface area contributed by atoms with Crippen LogP contribution in [0.1, 0.15) is 24.1 Å². The van der Waals surface area contributed by atoms with Gasteiger partial charge >= 0.3 is 0 Å². The molecule has 1 fully saturated rings. The third-order valence-corrected chi connectivity index (χ3v) is 3.96. The molecule has 4 nitrogen and oxygen atoms in total. The van der Waals surface area contributed by atoms with Gasteiger partial charge < -0.3 is 5.32 Å². The summed E-state index contributed by atoms with van der Waals surface area (Å²) < 4.78 is 1.94. The molecule has 3 rings (SSSR count). The molecule has 5 heteroatoms. The van der Waals surface area contributed by atoms with Crippen molar-refractivity contribution in [3.8, 4) is 0 Å². The van der Waals surface area contributed by atoms with Gasteiger partial charge in [-0.15, -0.1) is 5.10 Å². The number of aromatic nitrogens is 3. The molecule has 1 aliphatic rings. The zero-order valence-corrected chi connectivity index (χ0v) is 11.2. The highest BCUT2D eigenvalue weighted by Gasteiger charge is 2.20. The van der Waals surface area contributed by atoms with Crippen molar-refractivity contribution < 1.29 is 0 Å². The first-order chi connectivity index (χ1) is 8.90. The largest absolute Gasteiger partial charge is 0.311 e. The lowest BCUT2D eigenvalue weighted by atomic mass is 10.2. The molecule has 0 amide bonds. The molecular formula is C13H18N4S. The number of nitrogens with zero attached hydrogens (tertiary/aromatic N) is 3. The van der Waals surface area contributed by atoms with Crippen LogP contribution in [0.2, 0.25) is 0 Å². The van der Waals surface area contributed by atoms with Gasteiger partial charge in [0, 0.05) is 19.3 Å². The molecule has 2 aromatic rings. The van der Waals surface area contributed by atoms with Crippen molar-refractivity contribution in [3.63, 3.8) is 0 Å². The van der Waals surface area contributed by atoms with E-state index >= 15 is 0 Å². The Balaban J connectivity index is 1.43. The molecule has 1 saturated carbocycles. The Labute approximate surface area is 111 Å². The number of thiophene rings is 1. The topological polar surface area (TPSA) is 42.7 Å². The van der Waals surface area contributed by atoms with Crippen molar-refractivity contribution in [1.82, 2.24) is 20.3 Å². The van der Waals surface area contributed by atoms with Crippen LogP contribution in [0.15, 0.2) is 23.0 Å². The molecule has 0 atom stereocenters. The van der Waals surface area contributed by atoms with Gasteiger partial charge in [-0.1, -0.05) is 5.21 Å². The average Bonchev–Trinajstić information content (AvgIpc) is 2.90. The predicted molar refractivity (Wildman–Crippen MR) is 72.5 cm³/mol. The fourth-order valence-electron chi connectivity index (χ4n) is 1.93. The van der Waals surface area contributed by atoms with E-state index in [0.717, 1.165) is 37.7 Å². The molecule has 2 aromatic heterocycles. The van der Waals surface area contributed by atoms with Gasteiger partial charge in [-0.05, 0) is 54.1 Å². The second-order valence-corrected chi connectivity index (χ2v) is 5.71. The van der Waals surface area contributed by atoms with E-state index < -0.39 is 0 Å². The van der Waals surface area contributed by atoms with Gasteiger partial charge in [0.25, 0.3) is 0 Å². The van der Waals surface area contributed by atoms with E-state index in [1.54, 1.807) is 11.3 Å². The standard InChI is InChI=1S/C13H18N4S/c1-2-11(1)7-14-8-13-9-17(16-15-13)5-3-12-4-6-18-10-12/h4,6,9-11,14H,1-3,5,7-8H2. The third-order valence-electron chi connectivity index (χ3n) is 3.23. The van der Waals surface area contributed by atoms with E-state index in [2.05, 4.69) is 32.5 Å². The number of hydrogen-bond donors (Lipinski definition) is 1. The van der Waals surface area contributed by atoms with Crippen LogP contribution in [0.4, 0.5) is 0 Å². The normalized spacial score (nSPS) is 15.1. The van der Waals surface area contributed by atoms with Gasteiger partial charge in [0.1, 0.15) is 0 Å². The number of aryl methyl sites for hydroxylation is 2. The molecule has 1 aliphatic carbocycles. The minimum atomic E-state index is 0.842. The molecule has 0 aromatic carbocycles. The summed E-state index contributed by atoms with van der Waals surface area (Å²) in [6.45, 7) is 2.88. The summed E-state index contributed by atoms with van der Waals surface area (Å²) in [4.78, 5) is 0. The average molecular weight is 262 g/mol. The lowest BCUT2D eigenvalue weighted by Gasteiger charge is -1.99. The van der Waals surface area contributed by atoms with Crippen molar-refractivity contribution in [3.05, 3.63) is 34.3 Å². The van der Waals surface area contributed by atoms with Crippen LogP contribution in [-0.2, 0) is 19.5 Å². The van der Waals surface area contributed by atoms with Gasteiger partial charge in [0.2, 0.25) is 0 Å². The first-order valence-corrected chi connectivity index (χ1v) is 7.45. The molecule has 0 radical (unpaired) electrons. The van der Waals surface area contributed by atoms with Gasteiger partial charge in [0.15, 0.2) is 0 Å². The van der Waals surface area contributed by atoms with E-state index in [9.17, 15) is 0 Å². The van der Waals surface area contributed by atoms with E-state index in [-0.39, 0.29) is 0 Å². The SMILES string of the molecule is c1cc(CCn2cc(CNCC3CC3)nn2)cs1. The summed E-state index contributed by atoms with van der Waals surface area (Å²) in [7, 11) is 0. The first kappa shape index (κ1) is 11.9. The molecule has 0 unspecified atom stereocenters. The van der Waals surface area contributed by atoms with Crippen LogP contribution in [0.5, 0.6) is 0 Å². The van der Waals surface area contributed by atoms with Gasteiger partial charge in [-0.25, -0.2) is 0 Å². The third kappa shape index (κ3) is 3.40. The minimum absolute atomic E-state index is 0.842. The smallest absolute Gasteiger partial charge is 0.0964 e. The zero-order valence-electron chi connectivity index (χ0n) is 10.4. The molecule has 2 heterocycles. The van der Waals surface area contributed by atoms with E-state index in [4.69, 9.17) is 0 Å². The monoisotopic (exact) mass is 262 g/mol. The highest BCUT2D eigenvalue weighted by molar-refractivity contribution is 7.07. The summed E-state index contributed by atoms with van der Waals surface area (Å²) in [5, 5.41) is 16.1. The minimum Gasteiger partial charge on any atom is -0.311 e. The predicted octanol–water partition coefficient (Wildman–Crippen LogP) is 2.08. The van der Waals surface area contributed by atoms with Gasteiger partial charge in [-0.2, -0.15) is 11.3 Å². The molecule has 0 spiro atoms. The van der Waals surface area contributed by atoms with Crippen LogP contribution < -0.4 is 5.32 Å². The second-order valence-electron chi connectivity index (χ2n) is 4.93. The maximum Gasteiger partial charge on any atom is 0.0964 e. The summed E-state index contributed by atoms with van der Waals surface area (Å²) >= 11 is 1.74.